The number of aliphatic hydroxyl groups is 6. The number of hydrogen-bond acceptors (Lipinski definition) is 10. The maximum atomic E-state index is 13.7. The molecule has 0 aliphatic heterocycles. The van der Waals surface area contributed by atoms with Gasteiger partial charge in [0, 0.05) is 16.9 Å². The lowest BCUT2D eigenvalue weighted by Gasteiger charge is -2.64. The molecule has 2 unspecified atom stereocenters. The Balaban J connectivity index is 2.24. The molecule has 10 nitrogen and oxygen atoms in total. The van der Waals surface area contributed by atoms with E-state index in [0.717, 1.165) is 13.0 Å². The Labute approximate surface area is 206 Å². The van der Waals surface area contributed by atoms with Gasteiger partial charge in [-0.05, 0) is 25.8 Å². The molecule has 6 atom stereocenters. The molecule has 0 aromatic heterocycles. The number of phenols is 1. The highest BCUT2D eigenvalue weighted by molar-refractivity contribution is 6.25. The van der Waals surface area contributed by atoms with Crippen LogP contribution >= 0.6 is 0 Å². The largest absolute Gasteiger partial charge is 0.511 e. The SMILES string of the molecule is CC(=O)C1=C(O)C(C(C)C)[C@@]2(C)[C@H](O)[C@]3(C)C(=C(O)[C@@]2(O)C1=O)C(=O)c1c(O)cccc1C3(O)CO. The Morgan fingerprint density at radius 2 is 1.67 bits per heavy atom. The Morgan fingerprint density at radius 1 is 1.08 bits per heavy atom. The molecule has 0 heterocycles. The van der Waals surface area contributed by atoms with Crippen molar-refractivity contribution in [1.82, 2.24) is 0 Å². The molecule has 3 aliphatic carbocycles. The molecule has 0 amide bonds. The van der Waals surface area contributed by atoms with Gasteiger partial charge >= 0.3 is 0 Å². The zero-order chi connectivity index (χ0) is 27.3. The number of rotatable bonds is 3. The standard InChI is InChI=1S/C26H30O10/c1-10(2)16-18(30)14(11(3)28)20(32)26(36)21(33)17-19(31)15-12(7-6-8-13(15)29)25(35,9-27)23(17,4)22(34)24(16,26)5/h6-8,10,16,22,27,29-30,33-36H,9H2,1-5H3/t16?,22-,23+,24+,25?,26+/m1/s1. The summed E-state index contributed by atoms with van der Waals surface area (Å²) in [7, 11) is 0. The number of ketones is 3. The lowest BCUT2D eigenvalue weighted by molar-refractivity contribution is -0.246. The second-order valence-electron chi connectivity index (χ2n) is 10.7. The van der Waals surface area contributed by atoms with E-state index in [0.29, 0.717) is 0 Å². The second kappa shape index (κ2) is 7.48. The van der Waals surface area contributed by atoms with E-state index in [1.54, 1.807) is 13.8 Å². The highest BCUT2D eigenvalue weighted by Crippen LogP contribution is 2.68. The van der Waals surface area contributed by atoms with Crippen LogP contribution < -0.4 is 0 Å². The molecule has 0 radical (unpaired) electrons. The molecule has 0 saturated heterocycles. The third-order valence-corrected chi connectivity index (χ3v) is 8.79. The van der Waals surface area contributed by atoms with Crippen molar-refractivity contribution in [1.29, 1.82) is 0 Å². The van der Waals surface area contributed by atoms with Gasteiger partial charge in [-0.3, -0.25) is 14.4 Å². The van der Waals surface area contributed by atoms with Gasteiger partial charge in [0.1, 0.15) is 28.4 Å². The molecule has 1 aromatic carbocycles. The van der Waals surface area contributed by atoms with Gasteiger partial charge in [-0.25, -0.2) is 0 Å². The van der Waals surface area contributed by atoms with Crippen molar-refractivity contribution in [2.45, 2.75) is 51.9 Å². The first-order valence-corrected chi connectivity index (χ1v) is 11.5. The van der Waals surface area contributed by atoms with Crippen molar-refractivity contribution in [2.75, 3.05) is 6.61 Å². The molecular weight excluding hydrogens is 472 g/mol. The Morgan fingerprint density at radius 3 is 2.17 bits per heavy atom. The van der Waals surface area contributed by atoms with Crippen LogP contribution in [-0.2, 0) is 15.2 Å². The van der Waals surface area contributed by atoms with E-state index in [9.17, 15) is 50.1 Å². The van der Waals surface area contributed by atoms with Crippen LogP contribution in [0.1, 0.15) is 50.5 Å². The summed E-state index contributed by atoms with van der Waals surface area (Å²) < 4.78 is 0. The first-order valence-electron chi connectivity index (χ1n) is 11.5. The van der Waals surface area contributed by atoms with Gasteiger partial charge in [-0.1, -0.05) is 32.9 Å². The van der Waals surface area contributed by atoms with Crippen LogP contribution in [0.15, 0.2) is 40.9 Å². The van der Waals surface area contributed by atoms with E-state index >= 15 is 0 Å². The molecule has 0 spiro atoms. The van der Waals surface area contributed by atoms with Crippen molar-refractivity contribution in [2.24, 2.45) is 22.7 Å². The molecule has 0 fully saturated rings. The topological polar surface area (TPSA) is 193 Å². The Bertz CT molecular complexity index is 1290. The molecule has 10 heteroatoms. The minimum absolute atomic E-state index is 0.227. The van der Waals surface area contributed by atoms with Crippen LogP contribution in [0.4, 0.5) is 0 Å². The highest BCUT2D eigenvalue weighted by Gasteiger charge is 2.78. The fraction of sp³-hybridized carbons (Fsp3) is 0.500. The minimum atomic E-state index is -3.07. The van der Waals surface area contributed by atoms with Crippen LogP contribution in [-0.4, -0.2) is 71.4 Å². The summed E-state index contributed by atoms with van der Waals surface area (Å²) in [6, 6.07) is 3.74. The smallest absolute Gasteiger partial charge is 0.209 e. The number of fused-ring (bicyclic) bond motifs is 3. The van der Waals surface area contributed by atoms with Crippen molar-refractivity contribution < 1.29 is 50.1 Å². The molecule has 194 valence electrons. The quantitative estimate of drug-likeness (QED) is 0.293. The Hall–Kier alpha value is -3.05. The van der Waals surface area contributed by atoms with Gasteiger partial charge in [-0.2, -0.15) is 0 Å². The summed E-state index contributed by atoms with van der Waals surface area (Å²) in [6.07, 6.45) is -2.05. The van der Waals surface area contributed by atoms with Crippen LogP contribution in [0.25, 0.3) is 0 Å². The lowest BCUT2D eigenvalue weighted by atomic mass is 9.40. The van der Waals surface area contributed by atoms with Crippen LogP contribution in [0, 0.1) is 22.7 Å². The van der Waals surface area contributed by atoms with Gasteiger partial charge < -0.3 is 35.7 Å². The number of carbonyl (C=O) groups excluding carboxylic acids is 3. The molecule has 36 heavy (non-hydrogen) atoms. The lowest BCUT2D eigenvalue weighted by Crippen LogP contribution is -2.76. The highest BCUT2D eigenvalue weighted by atomic mass is 16.4. The summed E-state index contributed by atoms with van der Waals surface area (Å²) in [5, 5.41) is 79.4. The van der Waals surface area contributed by atoms with Crippen molar-refractivity contribution in [3.05, 3.63) is 52.0 Å². The van der Waals surface area contributed by atoms with E-state index in [1.165, 1.54) is 26.0 Å². The fourth-order valence-corrected chi connectivity index (χ4v) is 7.00. The maximum Gasteiger partial charge on any atom is 0.209 e. The van der Waals surface area contributed by atoms with E-state index < -0.39 is 97.9 Å². The summed E-state index contributed by atoms with van der Waals surface area (Å²) in [4.78, 5) is 39.7. The summed E-state index contributed by atoms with van der Waals surface area (Å²) in [6.45, 7) is 5.51. The molecular formula is C26H30O10. The van der Waals surface area contributed by atoms with E-state index in [2.05, 4.69) is 0 Å². The van der Waals surface area contributed by atoms with E-state index in [-0.39, 0.29) is 5.56 Å². The number of aliphatic hydroxyl groups excluding tert-OH is 4. The summed E-state index contributed by atoms with van der Waals surface area (Å²) in [5.74, 6) is -7.86. The summed E-state index contributed by atoms with van der Waals surface area (Å²) in [5.41, 5.74) is -12.3. The van der Waals surface area contributed by atoms with Gasteiger partial charge in [0.15, 0.2) is 17.2 Å². The number of aromatic hydroxyl groups is 1. The normalized spacial score (nSPS) is 38.2. The number of benzene rings is 1. The molecule has 7 N–H and O–H groups in total. The first-order chi connectivity index (χ1) is 16.5. The average molecular weight is 503 g/mol. The molecule has 0 saturated carbocycles. The van der Waals surface area contributed by atoms with Gasteiger partial charge in [0.2, 0.25) is 5.78 Å². The fourth-order valence-electron chi connectivity index (χ4n) is 7.00. The number of phenolic OH excluding ortho intramolecular Hbond substituents is 1. The third-order valence-electron chi connectivity index (χ3n) is 8.79. The van der Waals surface area contributed by atoms with Crippen molar-refractivity contribution in [3.8, 4) is 5.75 Å². The first kappa shape index (κ1) is 26.0. The number of hydrogen-bond donors (Lipinski definition) is 7. The number of Topliss-reactive ketones (excluding diaryl/α,β-unsaturated/α-hetero) is 3. The van der Waals surface area contributed by atoms with Crippen molar-refractivity contribution >= 4 is 17.3 Å². The minimum Gasteiger partial charge on any atom is -0.511 e. The van der Waals surface area contributed by atoms with Crippen LogP contribution in [0.5, 0.6) is 5.75 Å². The number of allylic oxidation sites excluding steroid dienone is 1. The van der Waals surface area contributed by atoms with Crippen LogP contribution in [0.2, 0.25) is 0 Å². The molecule has 0 bridgehead atoms. The zero-order valence-electron chi connectivity index (χ0n) is 20.5. The molecule has 3 aliphatic rings. The van der Waals surface area contributed by atoms with Gasteiger partial charge in [0.25, 0.3) is 0 Å². The third kappa shape index (κ3) is 2.47. The van der Waals surface area contributed by atoms with Gasteiger partial charge in [-0.15, -0.1) is 0 Å². The van der Waals surface area contributed by atoms with Crippen LogP contribution in [0.3, 0.4) is 0 Å². The Kier molecular flexibility index (Phi) is 5.41. The predicted octanol–water partition coefficient (Wildman–Crippen LogP) is 0.955. The zero-order valence-corrected chi connectivity index (χ0v) is 20.5. The van der Waals surface area contributed by atoms with Crippen molar-refractivity contribution in [3.63, 3.8) is 0 Å². The van der Waals surface area contributed by atoms with Gasteiger partial charge in [0.05, 0.1) is 29.3 Å². The molecule has 4 rings (SSSR count). The van der Waals surface area contributed by atoms with E-state index in [4.69, 9.17) is 0 Å². The predicted molar refractivity (Wildman–Crippen MR) is 124 cm³/mol. The molecule has 1 aromatic rings. The average Bonchev–Trinajstić information content (AvgIpc) is 2.79. The second-order valence-corrected chi connectivity index (χ2v) is 10.7. The number of carbonyl (C=O) groups is 3. The maximum absolute atomic E-state index is 13.7. The van der Waals surface area contributed by atoms with E-state index in [1.807, 2.05) is 0 Å². The summed E-state index contributed by atoms with van der Waals surface area (Å²) >= 11 is 0. The monoisotopic (exact) mass is 502 g/mol.